The summed E-state index contributed by atoms with van der Waals surface area (Å²) in [5.74, 6) is 0.637. The fourth-order valence-corrected chi connectivity index (χ4v) is 5.90. The summed E-state index contributed by atoms with van der Waals surface area (Å²) in [6.07, 6.45) is 7.60. The maximum Gasteiger partial charge on any atom is 0.105 e. The van der Waals surface area contributed by atoms with Crippen LogP contribution in [-0.4, -0.2) is 50.6 Å². The lowest BCUT2D eigenvalue weighted by molar-refractivity contribution is -0.103. The zero-order valence-electron chi connectivity index (χ0n) is 15.4. The van der Waals surface area contributed by atoms with Gasteiger partial charge in [0.25, 0.3) is 0 Å². The van der Waals surface area contributed by atoms with Crippen molar-refractivity contribution in [3.63, 3.8) is 0 Å². The van der Waals surface area contributed by atoms with Crippen LogP contribution >= 0.6 is 22.9 Å². The van der Waals surface area contributed by atoms with Crippen LogP contribution in [0.1, 0.15) is 34.9 Å². The van der Waals surface area contributed by atoms with Crippen molar-refractivity contribution in [3.8, 4) is 0 Å². The Morgan fingerprint density at radius 2 is 2.26 bits per heavy atom. The number of piperidine rings is 1. The Morgan fingerprint density at radius 3 is 3.00 bits per heavy atom. The third-order valence-corrected chi connectivity index (χ3v) is 7.67. The van der Waals surface area contributed by atoms with Gasteiger partial charge in [0.15, 0.2) is 0 Å². The summed E-state index contributed by atoms with van der Waals surface area (Å²) in [6, 6.07) is 1.94. The van der Waals surface area contributed by atoms with Crippen molar-refractivity contribution in [2.75, 3.05) is 31.7 Å². The Bertz CT molecular complexity index is 829. The quantitative estimate of drug-likeness (QED) is 0.792. The van der Waals surface area contributed by atoms with Crippen LogP contribution in [0.4, 0.5) is 0 Å². The van der Waals surface area contributed by atoms with Gasteiger partial charge < -0.3 is 10.5 Å². The van der Waals surface area contributed by atoms with Crippen LogP contribution in [0.5, 0.6) is 0 Å². The molecule has 4 rings (SSSR count). The molecule has 0 bridgehead atoms. The summed E-state index contributed by atoms with van der Waals surface area (Å²) in [5, 5.41) is 4.38. The minimum Gasteiger partial charge on any atom is -0.367 e. The molecule has 148 valence electrons. The molecule has 2 unspecified atom stereocenters. The lowest BCUT2D eigenvalue weighted by Crippen LogP contribution is -2.47. The molecule has 2 atom stereocenters. The molecule has 1 saturated heterocycles. The molecule has 9 heteroatoms. The van der Waals surface area contributed by atoms with Crippen molar-refractivity contribution in [2.24, 2.45) is 5.73 Å². The smallest absolute Gasteiger partial charge is 0.105 e. The normalized spacial score (nSPS) is 23.4. The topological polar surface area (TPSA) is 73.4 Å². The van der Waals surface area contributed by atoms with E-state index in [1.807, 2.05) is 16.9 Å². The van der Waals surface area contributed by atoms with Crippen molar-refractivity contribution in [1.29, 1.82) is 0 Å². The van der Waals surface area contributed by atoms with Gasteiger partial charge >= 0.3 is 0 Å². The van der Waals surface area contributed by atoms with Gasteiger partial charge in [0.1, 0.15) is 5.60 Å². The minimum absolute atomic E-state index is 0.0734. The number of halogens is 1. The van der Waals surface area contributed by atoms with Crippen LogP contribution in [0, 0.1) is 0 Å². The SMILES string of the molecule is CS(=O)CCn1cc(CN2CCC3(CC2)OCC(N)c2cc(Cl)sc23)cn1. The summed E-state index contributed by atoms with van der Waals surface area (Å²) in [7, 11) is -0.791. The molecule has 27 heavy (non-hydrogen) atoms. The number of aryl methyl sites for hydroxylation is 1. The number of nitrogens with two attached hydrogens (primary N) is 1. The predicted molar refractivity (Wildman–Crippen MR) is 110 cm³/mol. The number of ether oxygens (including phenoxy) is 1. The number of hydrogen-bond acceptors (Lipinski definition) is 6. The first kappa shape index (κ1) is 19.5. The molecule has 0 amide bonds. The molecule has 2 aromatic rings. The number of rotatable bonds is 5. The molecule has 0 aromatic carbocycles. The lowest BCUT2D eigenvalue weighted by Gasteiger charge is -2.44. The highest BCUT2D eigenvalue weighted by Crippen LogP contribution is 2.48. The van der Waals surface area contributed by atoms with E-state index in [4.69, 9.17) is 22.1 Å². The van der Waals surface area contributed by atoms with E-state index in [1.54, 1.807) is 17.6 Å². The van der Waals surface area contributed by atoms with E-state index in [-0.39, 0.29) is 11.6 Å². The van der Waals surface area contributed by atoms with Crippen molar-refractivity contribution >= 4 is 33.7 Å². The standard InChI is InChI=1S/C18H25ClN4O2S2/c1-27(24)7-6-23-11-13(9-21-23)10-22-4-2-18(3-5-22)17-14(8-16(19)26-17)15(20)12-25-18/h8-9,11,15H,2-7,10,12,20H2,1H3. The Kier molecular flexibility index (Phi) is 5.74. The molecule has 6 nitrogen and oxygen atoms in total. The molecule has 1 spiro atoms. The van der Waals surface area contributed by atoms with E-state index in [2.05, 4.69) is 16.2 Å². The van der Waals surface area contributed by atoms with Crippen LogP contribution in [0.3, 0.4) is 0 Å². The van der Waals surface area contributed by atoms with Gasteiger partial charge in [-0.2, -0.15) is 5.10 Å². The first-order valence-electron chi connectivity index (χ1n) is 9.18. The number of fused-ring (bicyclic) bond motifs is 2. The van der Waals surface area contributed by atoms with E-state index in [0.717, 1.165) is 36.8 Å². The molecule has 2 aliphatic rings. The first-order chi connectivity index (χ1) is 12.9. The Morgan fingerprint density at radius 1 is 1.48 bits per heavy atom. The average Bonchev–Trinajstić information content (AvgIpc) is 3.26. The fourth-order valence-electron chi connectivity index (χ4n) is 3.94. The van der Waals surface area contributed by atoms with Crippen LogP contribution in [0.25, 0.3) is 0 Å². The molecule has 4 heterocycles. The van der Waals surface area contributed by atoms with Crippen molar-refractivity contribution in [2.45, 2.75) is 37.6 Å². The molecule has 0 saturated carbocycles. The van der Waals surface area contributed by atoms with Crippen molar-refractivity contribution in [3.05, 3.63) is 38.8 Å². The summed E-state index contributed by atoms with van der Waals surface area (Å²) >= 11 is 7.89. The largest absolute Gasteiger partial charge is 0.367 e. The Hall–Kier alpha value is -0.770. The van der Waals surface area contributed by atoms with Gasteiger partial charge in [0.2, 0.25) is 0 Å². The van der Waals surface area contributed by atoms with Gasteiger partial charge in [0.05, 0.1) is 29.7 Å². The fraction of sp³-hybridized carbons (Fsp3) is 0.611. The van der Waals surface area contributed by atoms with Gasteiger partial charge in [-0.1, -0.05) is 11.6 Å². The molecular formula is C18H25ClN4O2S2. The van der Waals surface area contributed by atoms with Crippen LogP contribution in [0.15, 0.2) is 18.5 Å². The molecule has 2 aliphatic heterocycles. The molecular weight excluding hydrogens is 404 g/mol. The molecule has 2 N–H and O–H groups in total. The zero-order valence-corrected chi connectivity index (χ0v) is 17.8. The minimum atomic E-state index is -0.791. The zero-order chi connectivity index (χ0) is 19.0. The monoisotopic (exact) mass is 428 g/mol. The number of likely N-dealkylation sites (tertiary alicyclic amines) is 1. The van der Waals surface area contributed by atoms with E-state index in [0.29, 0.717) is 18.9 Å². The van der Waals surface area contributed by atoms with Crippen LogP contribution in [0.2, 0.25) is 4.34 Å². The molecule has 1 fully saturated rings. The van der Waals surface area contributed by atoms with Gasteiger partial charge in [-0.15, -0.1) is 11.3 Å². The predicted octanol–water partition coefficient (Wildman–Crippen LogP) is 2.50. The second-order valence-corrected chi connectivity index (χ2v) is 10.7. The van der Waals surface area contributed by atoms with Crippen LogP contribution < -0.4 is 5.73 Å². The summed E-state index contributed by atoms with van der Waals surface area (Å²) in [6.45, 7) is 4.07. The third kappa shape index (κ3) is 4.16. The Balaban J connectivity index is 1.38. The molecule has 0 aliphatic carbocycles. The summed E-state index contributed by atoms with van der Waals surface area (Å²) in [4.78, 5) is 3.67. The molecule has 2 aromatic heterocycles. The maximum absolute atomic E-state index is 11.2. The van der Waals surface area contributed by atoms with Crippen molar-refractivity contribution < 1.29 is 8.95 Å². The highest BCUT2D eigenvalue weighted by Gasteiger charge is 2.44. The van der Waals surface area contributed by atoms with Gasteiger partial charge in [-0.05, 0) is 24.5 Å². The van der Waals surface area contributed by atoms with Crippen LogP contribution in [-0.2, 0) is 34.2 Å². The van der Waals surface area contributed by atoms with E-state index >= 15 is 0 Å². The highest BCUT2D eigenvalue weighted by molar-refractivity contribution is 7.84. The van der Waals surface area contributed by atoms with Gasteiger partial charge in [-0.25, -0.2) is 0 Å². The summed E-state index contributed by atoms with van der Waals surface area (Å²) < 4.78 is 20.2. The summed E-state index contributed by atoms with van der Waals surface area (Å²) in [5.41, 5.74) is 8.34. The number of nitrogens with zero attached hydrogens (tertiary/aromatic N) is 3. The second kappa shape index (κ2) is 7.93. The number of aromatic nitrogens is 2. The number of hydrogen-bond donors (Lipinski definition) is 1. The van der Waals surface area contributed by atoms with Gasteiger partial charge in [-0.3, -0.25) is 13.8 Å². The maximum atomic E-state index is 11.2. The highest BCUT2D eigenvalue weighted by atomic mass is 35.5. The Labute approximate surface area is 171 Å². The lowest BCUT2D eigenvalue weighted by atomic mass is 9.84. The first-order valence-corrected chi connectivity index (χ1v) is 12.1. The molecule has 0 radical (unpaired) electrons. The third-order valence-electron chi connectivity index (χ3n) is 5.45. The van der Waals surface area contributed by atoms with E-state index in [1.165, 1.54) is 16.0 Å². The number of thiophene rings is 1. The van der Waals surface area contributed by atoms with E-state index in [9.17, 15) is 4.21 Å². The van der Waals surface area contributed by atoms with Gasteiger partial charge in [0, 0.05) is 59.1 Å². The van der Waals surface area contributed by atoms with Crippen molar-refractivity contribution in [1.82, 2.24) is 14.7 Å². The average molecular weight is 429 g/mol. The van der Waals surface area contributed by atoms with E-state index < -0.39 is 10.8 Å². The second-order valence-electron chi connectivity index (χ2n) is 7.41.